The normalized spacial score (nSPS) is 15.6. The molecule has 0 aliphatic heterocycles. The van der Waals surface area contributed by atoms with Crippen molar-refractivity contribution in [2.75, 3.05) is 19.7 Å². The molecule has 1 saturated carbocycles. The molecule has 0 saturated heterocycles. The van der Waals surface area contributed by atoms with Crippen molar-refractivity contribution < 1.29 is 9.90 Å². The summed E-state index contributed by atoms with van der Waals surface area (Å²) in [6, 6.07) is 0. The molecular weight excluding hydrogens is 178 g/mol. The van der Waals surface area contributed by atoms with Crippen LogP contribution in [0.25, 0.3) is 0 Å². The third-order valence-corrected chi connectivity index (χ3v) is 2.57. The fourth-order valence-corrected chi connectivity index (χ4v) is 1.59. The van der Waals surface area contributed by atoms with Crippen LogP contribution >= 0.6 is 0 Å². The minimum atomic E-state index is 0.120. The molecule has 3 nitrogen and oxygen atoms in total. The SMILES string of the molecule is CCCN(CC1CC1)C(=O)CCCO. The van der Waals surface area contributed by atoms with E-state index in [1.165, 1.54) is 12.8 Å². The lowest BCUT2D eigenvalue weighted by Crippen LogP contribution is -2.33. The van der Waals surface area contributed by atoms with Gasteiger partial charge in [-0.15, -0.1) is 0 Å². The smallest absolute Gasteiger partial charge is 0.222 e. The van der Waals surface area contributed by atoms with E-state index >= 15 is 0 Å². The molecule has 0 heterocycles. The molecule has 14 heavy (non-hydrogen) atoms. The number of aliphatic hydroxyl groups excluding tert-OH is 1. The lowest BCUT2D eigenvalue weighted by atomic mass is 10.2. The highest BCUT2D eigenvalue weighted by Gasteiger charge is 2.25. The van der Waals surface area contributed by atoms with Crippen molar-refractivity contribution in [3.8, 4) is 0 Å². The predicted molar refractivity (Wildman–Crippen MR) is 55.9 cm³/mol. The maximum Gasteiger partial charge on any atom is 0.222 e. The summed E-state index contributed by atoms with van der Waals surface area (Å²) in [7, 11) is 0. The fraction of sp³-hybridized carbons (Fsp3) is 0.909. The number of nitrogens with zero attached hydrogens (tertiary/aromatic N) is 1. The van der Waals surface area contributed by atoms with Crippen LogP contribution in [-0.2, 0) is 4.79 Å². The molecule has 1 aliphatic rings. The summed E-state index contributed by atoms with van der Waals surface area (Å²) in [5, 5.41) is 8.65. The molecule has 0 unspecified atom stereocenters. The van der Waals surface area contributed by atoms with Gasteiger partial charge in [-0.2, -0.15) is 0 Å². The molecule has 0 aromatic heterocycles. The van der Waals surface area contributed by atoms with E-state index in [9.17, 15) is 4.79 Å². The number of hydrogen-bond acceptors (Lipinski definition) is 2. The van der Waals surface area contributed by atoms with E-state index in [1.807, 2.05) is 4.90 Å². The van der Waals surface area contributed by atoms with Crippen molar-refractivity contribution >= 4 is 5.91 Å². The monoisotopic (exact) mass is 199 g/mol. The van der Waals surface area contributed by atoms with Gasteiger partial charge >= 0.3 is 0 Å². The number of carbonyl (C=O) groups is 1. The minimum absolute atomic E-state index is 0.120. The molecule has 0 radical (unpaired) electrons. The molecule has 0 spiro atoms. The number of rotatable bonds is 7. The highest BCUT2D eigenvalue weighted by Crippen LogP contribution is 2.29. The van der Waals surface area contributed by atoms with Crippen molar-refractivity contribution in [2.24, 2.45) is 5.92 Å². The maximum absolute atomic E-state index is 11.7. The topological polar surface area (TPSA) is 40.5 Å². The molecule has 3 heteroatoms. The van der Waals surface area contributed by atoms with Crippen LogP contribution < -0.4 is 0 Å². The lowest BCUT2D eigenvalue weighted by Gasteiger charge is -2.21. The zero-order valence-corrected chi connectivity index (χ0v) is 9.04. The van der Waals surface area contributed by atoms with E-state index in [-0.39, 0.29) is 12.5 Å². The average molecular weight is 199 g/mol. The second kappa shape index (κ2) is 6.02. The van der Waals surface area contributed by atoms with Gasteiger partial charge in [0.1, 0.15) is 0 Å². The van der Waals surface area contributed by atoms with Gasteiger partial charge in [0, 0.05) is 26.1 Å². The van der Waals surface area contributed by atoms with Gasteiger partial charge < -0.3 is 10.0 Å². The zero-order valence-electron chi connectivity index (χ0n) is 9.04. The Labute approximate surface area is 86.1 Å². The van der Waals surface area contributed by atoms with E-state index in [0.717, 1.165) is 25.4 Å². The number of carbonyl (C=O) groups excluding carboxylic acids is 1. The fourth-order valence-electron chi connectivity index (χ4n) is 1.59. The molecule has 1 rings (SSSR count). The van der Waals surface area contributed by atoms with Gasteiger partial charge in [0.2, 0.25) is 5.91 Å². The molecule has 0 aromatic rings. The Balaban J connectivity index is 2.26. The van der Waals surface area contributed by atoms with E-state index in [0.29, 0.717) is 12.8 Å². The van der Waals surface area contributed by atoms with E-state index in [1.54, 1.807) is 0 Å². The first-order chi connectivity index (χ1) is 6.77. The van der Waals surface area contributed by atoms with Crippen LogP contribution in [0.15, 0.2) is 0 Å². The lowest BCUT2D eigenvalue weighted by molar-refractivity contribution is -0.131. The second-order valence-electron chi connectivity index (χ2n) is 4.11. The van der Waals surface area contributed by atoms with Crippen LogP contribution in [0.1, 0.15) is 39.0 Å². The third kappa shape index (κ3) is 4.09. The van der Waals surface area contributed by atoms with E-state index in [4.69, 9.17) is 5.11 Å². The van der Waals surface area contributed by atoms with Gasteiger partial charge in [0.25, 0.3) is 0 Å². The van der Waals surface area contributed by atoms with Gasteiger partial charge in [0.15, 0.2) is 0 Å². The minimum Gasteiger partial charge on any atom is -0.396 e. The van der Waals surface area contributed by atoms with Crippen LogP contribution in [0.3, 0.4) is 0 Å². The molecule has 0 atom stereocenters. The van der Waals surface area contributed by atoms with E-state index < -0.39 is 0 Å². The van der Waals surface area contributed by atoms with Gasteiger partial charge in [-0.25, -0.2) is 0 Å². The zero-order chi connectivity index (χ0) is 10.4. The molecule has 1 aliphatic carbocycles. The first kappa shape index (κ1) is 11.5. The van der Waals surface area contributed by atoms with Crippen molar-refractivity contribution in [2.45, 2.75) is 39.0 Å². The first-order valence-electron chi connectivity index (χ1n) is 5.66. The summed E-state index contributed by atoms with van der Waals surface area (Å²) >= 11 is 0. The average Bonchev–Trinajstić information content (AvgIpc) is 2.97. The molecule has 0 bridgehead atoms. The van der Waals surface area contributed by atoms with Crippen LogP contribution in [0, 0.1) is 5.92 Å². The molecule has 1 fully saturated rings. The van der Waals surface area contributed by atoms with Crippen LogP contribution in [0.5, 0.6) is 0 Å². The summed E-state index contributed by atoms with van der Waals surface area (Å²) in [5.41, 5.74) is 0. The Morgan fingerprint density at radius 2 is 2.21 bits per heavy atom. The highest BCUT2D eigenvalue weighted by molar-refractivity contribution is 5.76. The van der Waals surface area contributed by atoms with Crippen LogP contribution in [-0.4, -0.2) is 35.6 Å². The number of aliphatic hydroxyl groups is 1. The predicted octanol–water partition coefficient (Wildman–Crippen LogP) is 1.41. The van der Waals surface area contributed by atoms with Gasteiger partial charge in [-0.05, 0) is 31.6 Å². The third-order valence-electron chi connectivity index (χ3n) is 2.57. The van der Waals surface area contributed by atoms with Crippen LogP contribution in [0.4, 0.5) is 0 Å². The summed E-state index contributed by atoms with van der Waals surface area (Å²) < 4.78 is 0. The Morgan fingerprint density at radius 3 is 2.71 bits per heavy atom. The van der Waals surface area contributed by atoms with Crippen molar-refractivity contribution in [3.05, 3.63) is 0 Å². The van der Waals surface area contributed by atoms with Gasteiger partial charge in [-0.1, -0.05) is 6.92 Å². The van der Waals surface area contributed by atoms with Crippen molar-refractivity contribution in [1.29, 1.82) is 0 Å². The van der Waals surface area contributed by atoms with Crippen LogP contribution in [0.2, 0.25) is 0 Å². The number of amides is 1. The maximum atomic E-state index is 11.7. The summed E-state index contributed by atoms with van der Waals surface area (Å²) in [6.07, 6.45) is 4.70. The molecule has 0 aromatic carbocycles. The van der Waals surface area contributed by atoms with Crippen molar-refractivity contribution in [3.63, 3.8) is 0 Å². The Morgan fingerprint density at radius 1 is 1.50 bits per heavy atom. The first-order valence-corrected chi connectivity index (χ1v) is 5.66. The number of hydrogen-bond donors (Lipinski definition) is 1. The standard InChI is InChI=1S/C11H21NO2/c1-2-7-12(9-10-5-6-10)11(14)4-3-8-13/h10,13H,2-9H2,1H3. The summed E-state index contributed by atoms with van der Waals surface area (Å²) in [5.74, 6) is 0.979. The Kier molecular flexibility index (Phi) is 4.94. The van der Waals surface area contributed by atoms with E-state index in [2.05, 4.69) is 6.92 Å². The van der Waals surface area contributed by atoms with Crippen molar-refractivity contribution in [1.82, 2.24) is 4.90 Å². The van der Waals surface area contributed by atoms with Gasteiger partial charge in [-0.3, -0.25) is 4.79 Å². The summed E-state index contributed by atoms with van der Waals surface area (Å²) in [6.45, 7) is 4.03. The molecule has 82 valence electrons. The quantitative estimate of drug-likeness (QED) is 0.673. The Bertz CT molecular complexity index is 178. The van der Waals surface area contributed by atoms with Gasteiger partial charge in [0.05, 0.1) is 0 Å². The molecule has 1 amide bonds. The largest absolute Gasteiger partial charge is 0.396 e. The molecule has 1 N–H and O–H groups in total. The second-order valence-corrected chi connectivity index (χ2v) is 4.11. The summed E-state index contributed by atoms with van der Waals surface area (Å²) in [4.78, 5) is 13.6. The highest BCUT2D eigenvalue weighted by atomic mass is 16.3. The Hall–Kier alpha value is -0.570. The molecular formula is C11H21NO2.